The molecule has 5 rings (SSSR count). The first-order chi connectivity index (χ1) is 15.3. The molecule has 31 heavy (non-hydrogen) atoms. The van der Waals surface area contributed by atoms with Crippen LogP contribution in [0.4, 0.5) is 11.4 Å². The van der Waals surface area contributed by atoms with Crippen molar-refractivity contribution in [1.29, 1.82) is 0 Å². The Morgan fingerprint density at radius 2 is 1.26 bits per heavy atom. The summed E-state index contributed by atoms with van der Waals surface area (Å²) >= 11 is 1.98. The van der Waals surface area contributed by atoms with Crippen molar-refractivity contribution < 1.29 is 4.57 Å². The van der Waals surface area contributed by atoms with Crippen molar-refractivity contribution >= 4 is 30.6 Å². The smallest absolute Gasteiger partial charge is 0.284 e. The van der Waals surface area contributed by atoms with E-state index in [1.807, 2.05) is 72.7 Å². The Morgan fingerprint density at radius 1 is 0.742 bits per heavy atom. The lowest BCUT2D eigenvalue weighted by atomic mass is 10.2. The number of rotatable bonds is 5. The van der Waals surface area contributed by atoms with Gasteiger partial charge in [-0.25, -0.2) is 0 Å². The molecule has 0 saturated carbocycles. The lowest BCUT2D eigenvalue weighted by Gasteiger charge is -2.44. The summed E-state index contributed by atoms with van der Waals surface area (Å²) in [7, 11) is -3.08. The maximum atomic E-state index is 15.5. The molecule has 0 radical (unpaired) electrons. The Morgan fingerprint density at radius 3 is 1.77 bits per heavy atom. The van der Waals surface area contributed by atoms with Gasteiger partial charge in [0.15, 0.2) is 0 Å². The lowest BCUT2D eigenvalue weighted by molar-refractivity contribution is 0.273. The molecule has 0 amide bonds. The fraction of sp³-hybridized carbons (Fsp3) is 0.292. The van der Waals surface area contributed by atoms with E-state index in [-0.39, 0.29) is 5.78 Å². The Hall–Kier alpha value is -2.27. The van der Waals surface area contributed by atoms with E-state index in [0.717, 1.165) is 54.6 Å². The molecule has 2 aliphatic rings. The van der Waals surface area contributed by atoms with Gasteiger partial charge in [0, 0.05) is 61.5 Å². The SMILES string of the molecule is O=P1(C(c2ccncc2)N2CCSCC2)N(c2ccccc2)CCN1c1ccccc1. The topological polar surface area (TPSA) is 39.7 Å². The van der Waals surface area contributed by atoms with Crippen molar-refractivity contribution in [2.45, 2.75) is 5.78 Å². The summed E-state index contributed by atoms with van der Waals surface area (Å²) in [6, 6.07) is 24.6. The maximum Gasteiger partial charge on any atom is 0.284 e. The Kier molecular flexibility index (Phi) is 6.04. The van der Waals surface area contributed by atoms with Crippen molar-refractivity contribution in [2.75, 3.05) is 47.0 Å². The van der Waals surface area contributed by atoms with Gasteiger partial charge in [0.25, 0.3) is 7.44 Å². The largest absolute Gasteiger partial charge is 0.304 e. The van der Waals surface area contributed by atoms with Gasteiger partial charge in [-0.1, -0.05) is 36.4 Å². The molecule has 0 bridgehead atoms. The van der Waals surface area contributed by atoms with E-state index in [1.54, 1.807) is 0 Å². The molecule has 2 saturated heterocycles. The van der Waals surface area contributed by atoms with Gasteiger partial charge < -0.3 is 9.34 Å². The molecule has 2 aromatic carbocycles. The molecule has 2 fully saturated rings. The van der Waals surface area contributed by atoms with E-state index in [4.69, 9.17) is 0 Å². The van der Waals surface area contributed by atoms with E-state index in [1.165, 1.54) is 0 Å². The van der Waals surface area contributed by atoms with E-state index in [2.05, 4.69) is 43.5 Å². The van der Waals surface area contributed by atoms with Crippen molar-refractivity contribution in [2.24, 2.45) is 0 Å². The highest BCUT2D eigenvalue weighted by atomic mass is 32.2. The van der Waals surface area contributed by atoms with Crippen LogP contribution in [0.3, 0.4) is 0 Å². The molecule has 2 aliphatic heterocycles. The predicted molar refractivity (Wildman–Crippen MR) is 131 cm³/mol. The minimum Gasteiger partial charge on any atom is -0.304 e. The lowest BCUT2D eigenvalue weighted by Crippen LogP contribution is -2.40. The van der Waals surface area contributed by atoms with E-state index >= 15 is 4.57 Å². The fourth-order valence-electron chi connectivity index (χ4n) is 4.63. The normalized spacial score (nSPS) is 20.0. The van der Waals surface area contributed by atoms with Crippen LogP contribution in [0.5, 0.6) is 0 Å². The molecule has 1 aromatic heterocycles. The Balaban J connectivity index is 1.68. The number of nitrogens with zero attached hydrogens (tertiary/aromatic N) is 4. The molecule has 3 aromatic rings. The third-order valence-electron chi connectivity index (χ3n) is 6.04. The molecule has 7 heteroatoms. The van der Waals surface area contributed by atoms with Crippen LogP contribution < -0.4 is 9.34 Å². The third-order valence-corrected chi connectivity index (χ3v) is 10.5. The second kappa shape index (κ2) is 9.07. The summed E-state index contributed by atoms with van der Waals surface area (Å²) in [5, 5.41) is 0. The molecule has 160 valence electrons. The van der Waals surface area contributed by atoms with Gasteiger partial charge in [0.05, 0.1) is 0 Å². The molecule has 5 nitrogen and oxygen atoms in total. The van der Waals surface area contributed by atoms with Crippen LogP contribution >= 0.6 is 19.2 Å². The van der Waals surface area contributed by atoms with Gasteiger partial charge in [-0.05, 0) is 42.0 Å². The van der Waals surface area contributed by atoms with Gasteiger partial charge in [-0.15, -0.1) is 0 Å². The summed E-state index contributed by atoms with van der Waals surface area (Å²) in [4.78, 5) is 6.67. The van der Waals surface area contributed by atoms with Crippen LogP contribution in [-0.4, -0.2) is 47.6 Å². The van der Waals surface area contributed by atoms with Gasteiger partial charge in [0.2, 0.25) is 0 Å². The third kappa shape index (κ3) is 3.89. The molecule has 0 N–H and O–H groups in total. The van der Waals surface area contributed by atoms with Gasteiger partial charge >= 0.3 is 0 Å². The number of pyridine rings is 1. The quantitative estimate of drug-likeness (QED) is 0.488. The van der Waals surface area contributed by atoms with Gasteiger partial charge in [-0.3, -0.25) is 14.4 Å². The average molecular weight is 451 g/mol. The van der Waals surface area contributed by atoms with Crippen LogP contribution in [0.1, 0.15) is 11.3 Å². The van der Waals surface area contributed by atoms with Crippen LogP contribution in [0, 0.1) is 0 Å². The number of anilines is 2. The van der Waals surface area contributed by atoms with E-state index < -0.39 is 7.44 Å². The van der Waals surface area contributed by atoms with Crippen LogP contribution in [0.2, 0.25) is 0 Å². The highest BCUT2D eigenvalue weighted by Gasteiger charge is 2.52. The second-order valence-electron chi connectivity index (χ2n) is 7.81. The standard InChI is InChI=1S/C24H27N4OPS/c29-30(24(21-11-13-25-14-12-21)26-17-19-31-20-18-26)27(22-7-3-1-4-8-22)15-16-28(30)23-9-5-2-6-10-23/h1-14,24H,15-20H2. The van der Waals surface area contributed by atoms with E-state index in [0.29, 0.717) is 0 Å². The molecule has 0 spiro atoms. The molecule has 1 unspecified atom stereocenters. The minimum absolute atomic E-state index is 0.209. The Bertz CT molecular complexity index is 980. The number of hydrogen-bond donors (Lipinski definition) is 0. The number of hydrogen-bond acceptors (Lipinski definition) is 4. The number of aromatic nitrogens is 1. The van der Waals surface area contributed by atoms with Gasteiger partial charge in [0.1, 0.15) is 5.78 Å². The monoisotopic (exact) mass is 450 g/mol. The van der Waals surface area contributed by atoms with Crippen molar-refractivity contribution in [1.82, 2.24) is 9.88 Å². The first-order valence-electron chi connectivity index (χ1n) is 10.8. The summed E-state index contributed by atoms with van der Waals surface area (Å²) in [5.74, 6) is 1.93. The number of para-hydroxylation sites is 2. The van der Waals surface area contributed by atoms with E-state index in [9.17, 15) is 0 Å². The molecular formula is C24H27N4OPS. The summed E-state index contributed by atoms with van der Waals surface area (Å²) in [6.07, 6.45) is 3.64. The fourth-order valence-corrected chi connectivity index (χ4v) is 9.25. The minimum atomic E-state index is -3.08. The average Bonchev–Trinajstić information content (AvgIpc) is 3.19. The number of thioether (sulfide) groups is 1. The molecular weight excluding hydrogens is 423 g/mol. The van der Waals surface area contributed by atoms with Crippen LogP contribution in [0.15, 0.2) is 85.2 Å². The second-order valence-corrected chi connectivity index (χ2v) is 11.7. The van der Waals surface area contributed by atoms with Crippen molar-refractivity contribution in [3.05, 3.63) is 90.8 Å². The van der Waals surface area contributed by atoms with Gasteiger partial charge in [-0.2, -0.15) is 11.8 Å². The highest BCUT2D eigenvalue weighted by molar-refractivity contribution is 7.99. The van der Waals surface area contributed by atoms with Crippen LogP contribution in [-0.2, 0) is 4.57 Å². The first kappa shape index (κ1) is 20.6. The zero-order valence-electron chi connectivity index (χ0n) is 17.5. The summed E-state index contributed by atoms with van der Waals surface area (Å²) in [5.41, 5.74) is 3.12. The maximum absolute atomic E-state index is 15.5. The molecule has 0 aliphatic carbocycles. The van der Waals surface area contributed by atoms with Crippen LogP contribution in [0.25, 0.3) is 0 Å². The molecule has 3 heterocycles. The molecule has 1 atom stereocenters. The van der Waals surface area contributed by atoms with Crippen molar-refractivity contribution in [3.8, 4) is 0 Å². The summed E-state index contributed by atoms with van der Waals surface area (Å²) in [6.45, 7) is 3.35. The predicted octanol–water partition coefficient (Wildman–Crippen LogP) is 5.35. The zero-order chi connectivity index (χ0) is 21.1. The zero-order valence-corrected chi connectivity index (χ0v) is 19.2. The highest BCUT2D eigenvalue weighted by Crippen LogP contribution is 2.69. The summed E-state index contributed by atoms with van der Waals surface area (Å²) < 4.78 is 19.8. The van der Waals surface area contributed by atoms with Crippen molar-refractivity contribution in [3.63, 3.8) is 0 Å². The first-order valence-corrected chi connectivity index (χ1v) is 13.6. The Labute approximate surface area is 188 Å². The number of benzene rings is 2.